The molecule has 31 heavy (non-hydrogen) atoms. The Morgan fingerprint density at radius 2 is 1.84 bits per heavy atom. The number of nitrogens with two attached hydrogens (primary N) is 1. The summed E-state index contributed by atoms with van der Waals surface area (Å²) < 4.78 is 0. The van der Waals surface area contributed by atoms with Gasteiger partial charge in [0.25, 0.3) is 0 Å². The number of carbonyl (C=O) groups excluding carboxylic acids is 1. The summed E-state index contributed by atoms with van der Waals surface area (Å²) in [5.74, 6) is 2.57. The zero-order chi connectivity index (χ0) is 21.5. The molecule has 0 spiro atoms. The molecule has 2 saturated heterocycles. The Balaban J connectivity index is 0.00000341. The molecule has 3 atom stereocenters. The summed E-state index contributed by atoms with van der Waals surface area (Å²) in [6.45, 7) is 10.7. The lowest BCUT2D eigenvalue weighted by Crippen LogP contribution is -2.47. The first-order valence-corrected chi connectivity index (χ1v) is 11.5. The number of nitrogens with one attached hydrogen (secondary N) is 1. The van der Waals surface area contributed by atoms with Gasteiger partial charge in [0.1, 0.15) is 0 Å². The number of aliphatic imine (C=N–C) groups is 1. The quantitative estimate of drug-likeness (QED) is 0.329. The molecule has 3 rings (SSSR count). The number of carbonyl (C=O) groups is 1. The minimum atomic E-state index is -0.208. The van der Waals surface area contributed by atoms with E-state index in [2.05, 4.69) is 58.2 Å². The molecule has 2 aliphatic rings. The average molecular weight is 542 g/mol. The van der Waals surface area contributed by atoms with Crippen molar-refractivity contribution in [1.29, 1.82) is 0 Å². The molecule has 1 aromatic rings. The molecule has 2 aliphatic heterocycles. The molecule has 2 fully saturated rings. The monoisotopic (exact) mass is 541 g/mol. The van der Waals surface area contributed by atoms with Crippen LogP contribution < -0.4 is 11.1 Å². The maximum absolute atomic E-state index is 11.3. The zero-order valence-corrected chi connectivity index (χ0v) is 21.7. The summed E-state index contributed by atoms with van der Waals surface area (Å²) in [5, 5.41) is 3.57. The van der Waals surface area contributed by atoms with E-state index in [1.54, 1.807) is 0 Å². The first kappa shape index (κ1) is 25.9. The minimum Gasteiger partial charge on any atom is -0.370 e. The Morgan fingerprint density at radius 1 is 1.16 bits per heavy atom. The van der Waals surface area contributed by atoms with Gasteiger partial charge in [-0.3, -0.25) is 14.7 Å². The second-order valence-electron chi connectivity index (χ2n) is 9.43. The third-order valence-electron chi connectivity index (χ3n) is 6.41. The molecular formula is C24H40IN5O. The van der Waals surface area contributed by atoms with Crippen LogP contribution in [0.15, 0.2) is 29.3 Å². The van der Waals surface area contributed by atoms with Crippen LogP contribution >= 0.6 is 24.0 Å². The van der Waals surface area contributed by atoms with E-state index in [-0.39, 0.29) is 29.9 Å². The van der Waals surface area contributed by atoms with Crippen LogP contribution in [-0.2, 0) is 17.9 Å². The number of hydrogen-bond donors (Lipinski definition) is 2. The number of hydrogen-bond acceptors (Lipinski definition) is 3. The molecule has 3 N–H and O–H groups in total. The van der Waals surface area contributed by atoms with Crippen molar-refractivity contribution in [3.63, 3.8) is 0 Å². The molecule has 7 heteroatoms. The lowest BCUT2D eigenvalue weighted by atomic mass is 9.91. The molecule has 174 valence electrons. The Morgan fingerprint density at radius 3 is 2.48 bits per heavy atom. The van der Waals surface area contributed by atoms with Crippen molar-refractivity contribution in [2.45, 2.75) is 52.6 Å². The van der Waals surface area contributed by atoms with Crippen LogP contribution in [0, 0.1) is 17.8 Å². The predicted molar refractivity (Wildman–Crippen MR) is 138 cm³/mol. The van der Waals surface area contributed by atoms with Crippen molar-refractivity contribution in [1.82, 2.24) is 15.1 Å². The van der Waals surface area contributed by atoms with Crippen LogP contribution in [0.5, 0.6) is 0 Å². The molecule has 0 aliphatic carbocycles. The highest BCUT2D eigenvalue weighted by atomic mass is 127. The van der Waals surface area contributed by atoms with E-state index in [1.165, 1.54) is 30.6 Å². The second-order valence-corrected chi connectivity index (χ2v) is 9.43. The molecule has 6 nitrogen and oxygen atoms in total. The Bertz CT molecular complexity index is 730. The zero-order valence-electron chi connectivity index (χ0n) is 19.3. The van der Waals surface area contributed by atoms with Gasteiger partial charge in [-0.15, -0.1) is 24.0 Å². The van der Waals surface area contributed by atoms with Gasteiger partial charge in [0.15, 0.2) is 5.96 Å². The summed E-state index contributed by atoms with van der Waals surface area (Å²) >= 11 is 0. The lowest BCUT2D eigenvalue weighted by molar-refractivity contribution is -0.119. The van der Waals surface area contributed by atoms with Crippen molar-refractivity contribution >= 4 is 35.8 Å². The number of benzene rings is 1. The number of nitrogens with zero attached hydrogens (tertiary/aromatic N) is 3. The second kappa shape index (κ2) is 12.6. The topological polar surface area (TPSA) is 74.0 Å². The highest BCUT2D eigenvalue weighted by Crippen LogP contribution is 2.24. The molecule has 1 aromatic carbocycles. The fourth-order valence-corrected chi connectivity index (χ4v) is 5.26. The standard InChI is InChI=1S/C24H39N5O.HI/c1-18-11-19(2)15-28(14-18)17-22-9-5-4-8-21(22)13-27-24(26-3)29-10-6-7-20(16-29)12-23(25)30;/h4-5,8-9,18-20H,6-7,10-17H2,1-3H3,(H2,25,30)(H,26,27);1H. The summed E-state index contributed by atoms with van der Waals surface area (Å²) in [5.41, 5.74) is 8.14. The van der Waals surface area contributed by atoms with E-state index in [0.29, 0.717) is 12.3 Å². The van der Waals surface area contributed by atoms with E-state index >= 15 is 0 Å². The number of amides is 1. The van der Waals surface area contributed by atoms with Crippen molar-refractivity contribution in [2.75, 3.05) is 33.2 Å². The van der Waals surface area contributed by atoms with Gasteiger partial charge in [-0.2, -0.15) is 0 Å². The number of guanidine groups is 1. The van der Waals surface area contributed by atoms with Crippen LogP contribution in [0.4, 0.5) is 0 Å². The van der Waals surface area contributed by atoms with E-state index in [4.69, 9.17) is 5.73 Å². The van der Waals surface area contributed by atoms with Gasteiger partial charge >= 0.3 is 0 Å². The fourth-order valence-electron chi connectivity index (χ4n) is 5.26. The normalized spacial score (nSPS) is 25.1. The number of halogens is 1. The van der Waals surface area contributed by atoms with Gasteiger partial charge < -0.3 is 16.0 Å². The third-order valence-corrected chi connectivity index (χ3v) is 6.41. The molecular weight excluding hydrogens is 501 g/mol. The van der Waals surface area contributed by atoms with Crippen molar-refractivity contribution in [2.24, 2.45) is 28.5 Å². The van der Waals surface area contributed by atoms with Crippen LogP contribution in [0.25, 0.3) is 0 Å². The van der Waals surface area contributed by atoms with Crippen molar-refractivity contribution in [3.8, 4) is 0 Å². The maximum Gasteiger partial charge on any atom is 0.217 e. The fraction of sp³-hybridized carbons (Fsp3) is 0.667. The number of rotatable bonds is 6. The Hall–Kier alpha value is -1.35. The van der Waals surface area contributed by atoms with E-state index in [9.17, 15) is 4.79 Å². The predicted octanol–water partition coefficient (Wildman–Crippen LogP) is 3.45. The summed E-state index contributed by atoms with van der Waals surface area (Å²) in [6.07, 6.45) is 3.93. The smallest absolute Gasteiger partial charge is 0.217 e. The van der Waals surface area contributed by atoms with E-state index in [0.717, 1.165) is 56.8 Å². The average Bonchev–Trinajstić information content (AvgIpc) is 2.69. The largest absolute Gasteiger partial charge is 0.370 e. The Kier molecular flexibility index (Phi) is 10.6. The van der Waals surface area contributed by atoms with Crippen LogP contribution in [0.1, 0.15) is 50.7 Å². The Labute approximate surface area is 205 Å². The molecule has 3 unspecified atom stereocenters. The van der Waals surface area contributed by atoms with Crippen LogP contribution in [-0.4, -0.2) is 54.9 Å². The molecule has 1 amide bonds. The molecule has 0 saturated carbocycles. The SMILES string of the molecule is CN=C(NCc1ccccc1CN1CC(C)CC(C)C1)N1CCCC(CC(N)=O)C1.I. The first-order chi connectivity index (χ1) is 14.4. The number of piperidine rings is 2. The summed E-state index contributed by atoms with van der Waals surface area (Å²) in [6, 6.07) is 8.74. The van der Waals surface area contributed by atoms with Gasteiger partial charge in [0.2, 0.25) is 5.91 Å². The molecule has 0 aromatic heterocycles. The number of primary amides is 1. The highest BCUT2D eigenvalue weighted by Gasteiger charge is 2.24. The molecule has 0 radical (unpaired) electrons. The van der Waals surface area contributed by atoms with Gasteiger partial charge in [0.05, 0.1) is 0 Å². The van der Waals surface area contributed by atoms with Gasteiger partial charge in [-0.05, 0) is 48.1 Å². The molecule has 2 heterocycles. The first-order valence-electron chi connectivity index (χ1n) is 11.5. The summed E-state index contributed by atoms with van der Waals surface area (Å²) in [4.78, 5) is 20.7. The van der Waals surface area contributed by atoms with E-state index < -0.39 is 0 Å². The van der Waals surface area contributed by atoms with Gasteiger partial charge in [0, 0.05) is 52.7 Å². The van der Waals surface area contributed by atoms with Crippen LogP contribution in [0.2, 0.25) is 0 Å². The third kappa shape index (κ3) is 7.93. The van der Waals surface area contributed by atoms with Crippen LogP contribution in [0.3, 0.4) is 0 Å². The maximum atomic E-state index is 11.3. The van der Waals surface area contributed by atoms with E-state index in [1.807, 2.05) is 7.05 Å². The molecule has 0 bridgehead atoms. The lowest BCUT2D eigenvalue weighted by Gasteiger charge is -2.36. The van der Waals surface area contributed by atoms with Crippen molar-refractivity contribution < 1.29 is 4.79 Å². The van der Waals surface area contributed by atoms with Gasteiger partial charge in [-0.1, -0.05) is 38.1 Å². The highest BCUT2D eigenvalue weighted by molar-refractivity contribution is 14.0. The minimum absolute atomic E-state index is 0. The summed E-state index contributed by atoms with van der Waals surface area (Å²) in [7, 11) is 1.84. The van der Waals surface area contributed by atoms with Crippen molar-refractivity contribution in [3.05, 3.63) is 35.4 Å². The number of likely N-dealkylation sites (tertiary alicyclic amines) is 2. The van der Waals surface area contributed by atoms with Gasteiger partial charge in [-0.25, -0.2) is 0 Å².